The maximum atomic E-state index is 13.1. The van der Waals surface area contributed by atoms with Crippen LogP contribution in [0.15, 0.2) is 35.6 Å². The van der Waals surface area contributed by atoms with Crippen LogP contribution >= 0.6 is 0 Å². The molecule has 0 aliphatic carbocycles. The molecule has 148 valence electrons. The van der Waals surface area contributed by atoms with Gasteiger partial charge in [0.15, 0.2) is 9.84 Å². The van der Waals surface area contributed by atoms with Crippen molar-refractivity contribution in [1.29, 1.82) is 0 Å². The number of hydrogen-bond acceptors (Lipinski definition) is 6. The van der Waals surface area contributed by atoms with Crippen molar-refractivity contribution in [3.63, 3.8) is 0 Å². The molecule has 7 nitrogen and oxygen atoms in total. The highest BCUT2D eigenvalue weighted by Crippen LogP contribution is 2.34. The average Bonchev–Trinajstić information content (AvgIpc) is 3.08. The fraction of sp³-hybridized carbons (Fsp3) is 0.400. The molecule has 4 heterocycles. The van der Waals surface area contributed by atoms with Gasteiger partial charge in [0.2, 0.25) is 0 Å². The number of imidazole rings is 1. The molecule has 1 aliphatic heterocycles. The van der Waals surface area contributed by atoms with E-state index in [9.17, 15) is 8.42 Å². The van der Waals surface area contributed by atoms with Crippen LogP contribution in [0.5, 0.6) is 5.75 Å². The fourth-order valence-electron chi connectivity index (χ4n) is 3.38. The largest absolute Gasteiger partial charge is 0.495 e. The van der Waals surface area contributed by atoms with Gasteiger partial charge >= 0.3 is 0 Å². The Morgan fingerprint density at radius 1 is 1.18 bits per heavy atom. The molecule has 0 spiro atoms. The summed E-state index contributed by atoms with van der Waals surface area (Å²) in [6, 6.07) is 3.76. The summed E-state index contributed by atoms with van der Waals surface area (Å²) in [5.74, 6) is 1.22. The lowest BCUT2D eigenvalue weighted by Gasteiger charge is -2.21. The number of anilines is 1. The second-order valence-corrected chi connectivity index (χ2v) is 10.6. The molecule has 0 fully saturated rings. The van der Waals surface area contributed by atoms with Gasteiger partial charge in [-0.2, -0.15) is 0 Å². The fourth-order valence-corrected chi connectivity index (χ4v) is 4.69. The molecule has 1 N–H and O–H groups in total. The Morgan fingerprint density at radius 3 is 2.68 bits per heavy atom. The van der Waals surface area contributed by atoms with Gasteiger partial charge in [0.05, 0.1) is 23.7 Å². The quantitative estimate of drug-likeness (QED) is 0.726. The van der Waals surface area contributed by atoms with Crippen molar-refractivity contribution >= 4 is 21.3 Å². The van der Waals surface area contributed by atoms with E-state index >= 15 is 0 Å². The topological polar surface area (TPSA) is 85.6 Å². The summed E-state index contributed by atoms with van der Waals surface area (Å²) in [7, 11) is -2.13. The summed E-state index contributed by atoms with van der Waals surface area (Å²) in [4.78, 5) is 9.13. The number of nitrogens with one attached hydrogen (secondary N) is 1. The number of ether oxygens (including phenoxy) is 1. The minimum atomic E-state index is -3.60. The Bertz CT molecular complexity index is 1160. The van der Waals surface area contributed by atoms with Crippen LogP contribution in [0.2, 0.25) is 0 Å². The van der Waals surface area contributed by atoms with Crippen LogP contribution in [-0.4, -0.2) is 41.2 Å². The predicted octanol–water partition coefficient (Wildman–Crippen LogP) is 3.34. The van der Waals surface area contributed by atoms with E-state index in [0.29, 0.717) is 11.4 Å². The van der Waals surface area contributed by atoms with Gasteiger partial charge in [-0.25, -0.2) is 18.4 Å². The lowest BCUT2D eigenvalue weighted by atomic mass is 10.0. The van der Waals surface area contributed by atoms with Gasteiger partial charge in [0.25, 0.3) is 0 Å². The van der Waals surface area contributed by atoms with Gasteiger partial charge in [-0.1, -0.05) is 0 Å². The second kappa shape index (κ2) is 6.48. The zero-order chi connectivity index (χ0) is 20.1. The molecule has 0 saturated heterocycles. The van der Waals surface area contributed by atoms with E-state index in [-0.39, 0.29) is 4.90 Å². The lowest BCUT2D eigenvalue weighted by Crippen LogP contribution is -2.28. The van der Waals surface area contributed by atoms with Crippen molar-refractivity contribution in [2.75, 3.05) is 19.0 Å². The lowest BCUT2D eigenvalue weighted by molar-refractivity contribution is 0.401. The summed E-state index contributed by atoms with van der Waals surface area (Å²) in [5, 5.41) is 3.30. The zero-order valence-electron chi connectivity index (χ0n) is 16.5. The number of fused-ring (bicyclic) bond motifs is 2. The van der Waals surface area contributed by atoms with Crippen LogP contribution in [0.1, 0.15) is 32.8 Å². The highest BCUT2D eigenvalue weighted by molar-refractivity contribution is 7.92. The molecule has 0 amide bonds. The number of aryl methyl sites for hydroxylation is 1. The van der Waals surface area contributed by atoms with Gasteiger partial charge in [-0.05, 0) is 45.2 Å². The van der Waals surface area contributed by atoms with Gasteiger partial charge in [0.1, 0.15) is 22.1 Å². The van der Waals surface area contributed by atoms with Crippen molar-refractivity contribution < 1.29 is 13.2 Å². The van der Waals surface area contributed by atoms with E-state index in [1.807, 2.05) is 0 Å². The first kappa shape index (κ1) is 18.7. The summed E-state index contributed by atoms with van der Waals surface area (Å²) in [6.07, 6.45) is 7.17. The van der Waals surface area contributed by atoms with Crippen LogP contribution in [0.25, 0.3) is 16.9 Å². The van der Waals surface area contributed by atoms with Crippen LogP contribution in [0.4, 0.5) is 5.82 Å². The number of nitrogens with zero attached hydrogens (tertiary/aromatic N) is 3. The molecule has 0 unspecified atom stereocenters. The minimum absolute atomic E-state index is 0.154. The maximum absolute atomic E-state index is 13.1. The normalized spacial score (nSPS) is 14.6. The molecule has 0 radical (unpaired) electrons. The third kappa shape index (κ3) is 2.92. The van der Waals surface area contributed by atoms with E-state index in [1.54, 1.807) is 49.8 Å². The van der Waals surface area contributed by atoms with Crippen LogP contribution < -0.4 is 10.1 Å². The van der Waals surface area contributed by atoms with Crippen LogP contribution in [0, 0.1) is 0 Å². The van der Waals surface area contributed by atoms with E-state index in [0.717, 1.165) is 42.0 Å². The summed E-state index contributed by atoms with van der Waals surface area (Å²) in [5.41, 5.74) is 3.48. The molecule has 0 aromatic carbocycles. The molecule has 3 aromatic heterocycles. The summed E-state index contributed by atoms with van der Waals surface area (Å²) in [6.45, 7) is 5.98. The Kier molecular flexibility index (Phi) is 4.33. The molecule has 0 bridgehead atoms. The molecule has 1 aliphatic rings. The zero-order valence-corrected chi connectivity index (χ0v) is 17.3. The highest BCUT2D eigenvalue weighted by Gasteiger charge is 2.34. The van der Waals surface area contributed by atoms with Gasteiger partial charge in [-0.15, -0.1) is 0 Å². The van der Waals surface area contributed by atoms with Crippen molar-refractivity contribution in [2.24, 2.45) is 0 Å². The molecule has 3 aromatic rings. The van der Waals surface area contributed by atoms with Gasteiger partial charge in [0, 0.05) is 30.6 Å². The number of hydrogen-bond donors (Lipinski definition) is 1. The second-order valence-electron chi connectivity index (χ2n) is 7.96. The Hall–Kier alpha value is -2.61. The van der Waals surface area contributed by atoms with Crippen molar-refractivity contribution in [3.05, 3.63) is 36.3 Å². The first-order valence-electron chi connectivity index (χ1n) is 9.25. The maximum Gasteiger partial charge on any atom is 0.188 e. The van der Waals surface area contributed by atoms with Crippen molar-refractivity contribution in [3.8, 4) is 17.0 Å². The SMILES string of the molecule is COc1cc2ncc(-c3cnc4c(c3)CCCN4)n2cc1S(=O)(=O)C(C)(C)C. The smallest absolute Gasteiger partial charge is 0.188 e. The standard InChI is InChI=1S/C20H24N4O3S/c1-20(2,3)28(25,26)17-12-24-15(11-22-18(24)9-16(17)27-4)14-8-13-6-5-7-21-19(13)23-10-14/h8-12H,5-7H2,1-4H3,(H,21,23). The molecule has 0 atom stereocenters. The number of rotatable bonds is 3. The molecular formula is C20H24N4O3S. The van der Waals surface area contributed by atoms with E-state index < -0.39 is 14.6 Å². The first-order valence-corrected chi connectivity index (χ1v) is 10.7. The number of aromatic nitrogens is 3. The van der Waals surface area contributed by atoms with Crippen LogP contribution in [-0.2, 0) is 16.3 Å². The summed E-state index contributed by atoms with van der Waals surface area (Å²) < 4.78 is 32.4. The third-order valence-electron chi connectivity index (χ3n) is 5.07. The average molecular weight is 401 g/mol. The molecule has 8 heteroatoms. The molecule has 4 rings (SSSR count). The van der Waals surface area contributed by atoms with Crippen molar-refractivity contribution in [1.82, 2.24) is 14.4 Å². The first-order chi connectivity index (χ1) is 13.2. The van der Waals surface area contributed by atoms with E-state index in [1.165, 1.54) is 7.11 Å². The number of sulfone groups is 1. The Morgan fingerprint density at radius 2 is 1.96 bits per heavy atom. The van der Waals surface area contributed by atoms with Gasteiger partial charge < -0.3 is 10.1 Å². The Balaban J connectivity index is 1.92. The van der Waals surface area contributed by atoms with Crippen LogP contribution in [0.3, 0.4) is 0 Å². The number of methoxy groups -OCH3 is 1. The molecule has 0 saturated carbocycles. The van der Waals surface area contributed by atoms with E-state index in [2.05, 4.69) is 21.4 Å². The highest BCUT2D eigenvalue weighted by atomic mass is 32.2. The monoisotopic (exact) mass is 400 g/mol. The van der Waals surface area contributed by atoms with Crippen molar-refractivity contribution in [2.45, 2.75) is 43.3 Å². The Labute approximate surface area is 164 Å². The van der Waals surface area contributed by atoms with E-state index in [4.69, 9.17) is 4.74 Å². The summed E-state index contributed by atoms with van der Waals surface area (Å²) >= 11 is 0. The van der Waals surface area contributed by atoms with Gasteiger partial charge in [-0.3, -0.25) is 4.40 Å². The molecular weight excluding hydrogens is 376 g/mol. The predicted molar refractivity (Wildman–Crippen MR) is 109 cm³/mol. The third-order valence-corrected chi connectivity index (χ3v) is 7.57. The minimum Gasteiger partial charge on any atom is -0.495 e. The number of pyridine rings is 2. The molecule has 28 heavy (non-hydrogen) atoms.